The van der Waals surface area contributed by atoms with Crippen molar-refractivity contribution in [1.29, 1.82) is 0 Å². The van der Waals surface area contributed by atoms with E-state index in [9.17, 15) is 0 Å². The van der Waals surface area contributed by atoms with Crippen molar-refractivity contribution < 1.29 is 0 Å². The number of rotatable bonds is 0. The zero-order valence-electron chi connectivity index (χ0n) is 8.77. The Kier molecular flexibility index (Phi) is 2.43. The van der Waals surface area contributed by atoms with Gasteiger partial charge in [0, 0.05) is 0 Å². The van der Waals surface area contributed by atoms with Gasteiger partial charge >= 0.3 is 0 Å². The van der Waals surface area contributed by atoms with Gasteiger partial charge in [0.05, 0.1) is 0 Å². The molecule has 0 saturated carbocycles. The summed E-state index contributed by atoms with van der Waals surface area (Å²) in [5.41, 5.74) is 0. The molecule has 0 bridgehead atoms. The highest BCUT2D eigenvalue weighted by Crippen LogP contribution is 2.24. The molecule has 78 valence electrons. The highest BCUT2D eigenvalue weighted by atomic mass is 31.0. The molecule has 0 aliphatic heterocycles. The topological polar surface area (TPSA) is 0 Å². The van der Waals surface area contributed by atoms with Crippen molar-refractivity contribution in [2.45, 2.75) is 0 Å². The maximum atomic E-state index is 2.76. The van der Waals surface area contributed by atoms with Gasteiger partial charge in [-0.1, -0.05) is 36.4 Å². The minimum Gasteiger partial charge on any atom is -0.106 e. The van der Waals surface area contributed by atoms with Gasteiger partial charge in [-0.25, -0.2) is 0 Å². The highest BCUT2D eigenvalue weighted by molar-refractivity contribution is 7.27. The van der Waals surface area contributed by atoms with Gasteiger partial charge in [-0.15, -0.1) is 18.5 Å². The summed E-state index contributed by atoms with van der Waals surface area (Å²) in [4.78, 5) is 0. The van der Waals surface area contributed by atoms with Crippen LogP contribution >= 0.6 is 18.5 Å². The van der Waals surface area contributed by atoms with E-state index in [0.29, 0.717) is 0 Å². The predicted molar refractivity (Wildman–Crippen MR) is 80.1 cm³/mol. The van der Waals surface area contributed by atoms with E-state index in [0.717, 1.165) is 0 Å². The number of benzene rings is 3. The molecule has 16 heavy (non-hydrogen) atoms. The second-order valence-electron chi connectivity index (χ2n) is 4.03. The summed E-state index contributed by atoms with van der Waals surface area (Å²) in [5, 5.41) is 7.72. The molecule has 0 spiro atoms. The molecule has 0 aromatic heterocycles. The Bertz CT molecular complexity index is 626. The van der Waals surface area contributed by atoms with Gasteiger partial charge in [-0.2, -0.15) is 0 Å². The van der Waals surface area contributed by atoms with Gasteiger partial charge in [0.15, 0.2) is 0 Å². The van der Waals surface area contributed by atoms with Crippen LogP contribution in [0, 0.1) is 0 Å². The third kappa shape index (κ3) is 1.63. The van der Waals surface area contributed by atoms with Crippen molar-refractivity contribution in [3.05, 3.63) is 48.5 Å². The van der Waals surface area contributed by atoms with Crippen LogP contribution in [-0.4, -0.2) is 0 Å². The lowest BCUT2D eigenvalue weighted by molar-refractivity contribution is 1.82. The maximum absolute atomic E-state index is 2.76. The van der Waals surface area contributed by atoms with E-state index in [1.54, 1.807) is 0 Å². The van der Waals surface area contributed by atoms with Crippen LogP contribution in [-0.2, 0) is 0 Å². The van der Waals surface area contributed by atoms with Gasteiger partial charge in [0.1, 0.15) is 0 Å². The molecule has 3 aromatic carbocycles. The second-order valence-corrected chi connectivity index (χ2v) is 5.36. The summed E-state index contributed by atoms with van der Waals surface area (Å²) in [6, 6.07) is 17.4. The maximum Gasteiger partial charge on any atom is -0.00990 e. The fraction of sp³-hybridized carbons (Fsp3) is 0. The molecule has 0 nitrogen and oxygen atoms in total. The molecule has 0 N–H and O–H groups in total. The molecule has 0 fully saturated rings. The Labute approximate surface area is 99.5 Å². The first-order chi connectivity index (χ1) is 7.74. The summed E-state index contributed by atoms with van der Waals surface area (Å²) < 4.78 is 0. The molecule has 2 heteroatoms. The molecule has 0 saturated heterocycles. The van der Waals surface area contributed by atoms with Crippen LogP contribution in [0.5, 0.6) is 0 Å². The largest absolute Gasteiger partial charge is 0.106 e. The molecule has 0 aliphatic rings. The summed E-state index contributed by atoms with van der Waals surface area (Å²) >= 11 is 0. The molecule has 3 aromatic rings. The number of hydrogen-bond donors (Lipinski definition) is 0. The molecule has 0 aliphatic carbocycles. The molecular weight excluding hydrogens is 230 g/mol. The zero-order chi connectivity index (χ0) is 11.1. The van der Waals surface area contributed by atoms with E-state index in [4.69, 9.17) is 0 Å². The third-order valence-electron chi connectivity index (χ3n) is 2.89. The van der Waals surface area contributed by atoms with Crippen molar-refractivity contribution in [1.82, 2.24) is 0 Å². The SMILES string of the molecule is Pc1ccc2ccc3ccc(P)cc3c2c1. The van der Waals surface area contributed by atoms with E-state index in [1.807, 2.05) is 0 Å². The van der Waals surface area contributed by atoms with E-state index in [2.05, 4.69) is 67.0 Å². The summed E-state index contributed by atoms with van der Waals surface area (Å²) in [6.45, 7) is 0. The van der Waals surface area contributed by atoms with E-state index >= 15 is 0 Å². The zero-order valence-corrected chi connectivity index (χ0v) is 11.1. The van der Waals surface area contributed by atoms with Crippen LogP contribution in [0.1, 0.15) is 0 Å². The first-order valence-electron chi connectivity index (χ1n) is 5.21. The van der Waals surface area contributed by atoms with Gasteiger partial charge in [-0.3, -0.25) is 0 Å². The Morgan fingerprint density at radius 1 is 0.562 bits per heavy atom. The van der Waals surface area contributed by atoms with Gasteiger partial charge < -0.3 is 0 Å². The standard InChI is InChI=1S/C14H12P2/c15-11-5-3-9-1-2-10-4-6-12(16)8-14(10)13(9)7-11/h1-8H,15-16H2. The smallest absolute Gasteiger partial charge is 0.00990 e. The summed E-state index contributed by atoms with van der Waals surface area (Å²) in [5.74, 6) is 0. The van der Waals surface area contributed by atoms with Crippen molar-refractivity contribution in [3.63, 3.8) is 0 Å². The first kappa shape index (κ1) is 10.2. The first-order valence-corrected chi connectivity index (χ1v) is 6.37. The molecule has 2 atom stereocenters. The fourth-order valence-corrected chi connectivity index (χ4v) is 2.61. The average molecular weight is 242 g/mol. The van der Waals surface area contributed by atoms with Crippen LogP contribution < -0.4 is 10.6 Å². The fourth-order valence-electron chi connectivity index (χ4n) is 2.08. The van der Waals surface area contributed by atoms with Crippen molar-refractivity contribution >= 4 is 50.6 Å². The Morgan fingerprint density at radius 2 is 0.938 bits per heavy atom. The summed E-state index contributed by atoms with van der Waals surface area (Å²) in [6.07, 6.45) is 0. The molecular formula is C14H12P2. The van der Waals surface area contributed by atoms with Crippen molar-refractivity contribution in [2.24, 2.45) is 0 Å². The average Bonchev–Trinajstić information content (AvgIpc) is 2.29. The van der Waals surface area contributed by atoms with Crippen LogP contribution in [0.25, 0.3) is 21.5 Å². The predicted octanol–water partition coefficient (Wildman–Crippen LogP) is 2.99. The molecule has 2 unspecified atom stereocenters. The van der Waals surface area contributed by atoms with Gasteiger partial charge in [0.25, 0.3) is 0 Å². The molecule has 3 rings (SSSR count). The Hall–Kier alpha value is -0.960. The van der Waals surface area contributed by atoms with E-state index < -0.39 is 0 Å². The van der Waals surface area contributed by atoms with Crippen LogP contribution in [0.4, 0.5) is 0 Å². The summed E-state index contributed by atoms with van der Waals surface area (Å²) in [7, 11) is 5.52. The quantitative estimate of drug-likeness (QED) is 0.420. The lowest BCUT2D eigenvalue weighted by atomic mass is 10.0. The van der Waals surface area contributed by atoms with Crippen LogP contribution in [0.15, 0.2) is 48.5 Å². The molecule has 0 amide bonds. The van der Waals surface area contributed by atoms with E-state index in [-0.39, 0.29) is 0 Å². The third-order valence-corrected chi connectivity index (χ3v) is 3.61. The number of hydrogen-bond acceptors (Lipinski definition) is 0. The molecule has 0 radical (unpaired) electrons. The Morgan fingerprint density at radius 3 is 1.38 bits per heavy atom. The lowest BCUT2D eigenvalue weighted by Gasteiger charge is -2.05. The van der Waals surface area contributed by atoms with Crippen molar-refractivity contribution in [3.8, 4) is 0 Å². The van der Waals surface area contributed by atoms with Gasteiger partial charge in [-0.05, 0) is 44.3 Å². The second kappa shape index (κ2) is 3.81. The normalized spacial score (nSPS) is 11.1. The minimum atomic E-state index is 1.23. The van der Waals surface area contributed by atoms with Crippen LogP contribution in [0.3, 0.4) is 0 Å². The monoisotopic (exact) mass is 242 g/mol. The lowest BCUT2D eigenvalue weighted by Crippen LogP contribution is -1.92. The number of fused-ring (bicyclic) bond motifs is 3. The molecule has 0 heterocycles. The van der Waals surface area contributed by atoms with Crippen molar-refractivity contribution in [2.75, 3.05) is 0 Å². The van der Waals surface area contributed by atoms with E-state index in [1.165, 1.54) is 32.2 Å². The minimum absolute atomic E-state index is 1.23. The Balaban J connectivity index is 2.55. The van der Waals surface area contributed by atoms with Crippen LogP contribution in [0.2, 0.25) is 0 Å². The highest BCUT2D eigenvalue weighted by Gasteiger charge is 2.00. The van der Waals surface area contributed by atoms with Gasteiger partial charge in [0.2, 0.25) is 0 Å².